The molecule has 3 nitrogen and oxygen atoms in total. The summed E-state index contributed by atoms with van der Waals surface area (Å²) >= 11 is 1.90. The van der Waals surface area contributed by atoms with Gasteiger partial charge < -0.3 is 5.73 Å². The summed E-state index contributed by atoms with van der Waals surface area (Å²) in [5, 5.41) is 0. The van der Waals surface area contributed by atoms with Crippen LogP contribution in [0.2, 0.25) is 0 Å². The number of hydrogen-bond donors (Lipinski definition) is 1. The van der Waals surface area contributed by atoms with Gasteiger partial charge in [0.1, 0.15) is 5.82 Å². The Balaban J connectivity index is 2.21. The molecule has 4 heteroatoms. The van der Waals surface area contributed by atoms with Crippen LogP contribution in [-0.2, 0) is 5.75 Å². The van der Waals surface area contributed by atoms with Gasteiger partial charge in [-0.2, -0.15) is 11.8 Å². The van der Waals surface area contributed by atoms with Crippen molar-refractivity contribution >= 4 is 17.6 Å². The van der Waals surface area contributed by atoms with Gasteiger partial charge in [-0.1, -0.05) is 13.8 Å². The Morgan fingerprint density at radius 2 is 2.14 bits per heavy atom. The van der Waals surface area contributed by atoms with Crippen LogP contribution in [0.5, 0.6) is 0 Å². The Kier molecular flexibility index (Phi) is 4.73. The third-order valence-corrected chi connectivity index (χ3v) is 2.84. The molecule has 0 amide bonds. The molecule has 0 radical (unpaired) electrons. The number of hydrogen-bond acceptors (Lipinski definition) is 4. The molecule has 78 valence electrons. The maximum absolute atomic E-state index is 5.44. The van der Waals surface area contributed by atoms with E-state index in [9.17, 15) is 0 Å². The first-order valence-corrected chi connectivity index (χ1v) is 5.98. The first-order chi connectivity index (χ1) is 6.68. The third kappa shape index (κ3) is 4.46. The first-order valence-electron chi connectivity index (χ1n) is 4.82. The molecule has 1 aromatic rings. The smallest absolute Gasteiger partial charge is 0.141 e. The highest BCUT2D eigenvalue weighted by atomic mass is 32.2. The average Bonchev–Trinajstić information content (AvgIpc) is 2.15. The molecular formula is C10H17N3S. The maximum atomic E-state index is 5.44. The number of nitrogen functional groups attached to an aromatic ring is 1. The van der Waals surface area contributed by atoms with Crippen LogP contribution < -0.4 is 5.73 Å². The molecule has 1 aromatic heterocycles. The standard InChI is InChI=1S/C10H17N3S/c1-8(2)3-4-14-7-9-5-13-10(11)6-12-9/h5-6,8H,3-4,7H2,1-2H3,(H2,11,13). The second-order valence-electron chi connectivity index (χ2n) is 3.67. The van der Waals surface area contributed by atoms with Gasteiger partial charge in [-0.05, 0) is 18.1 Å². The summed E-state index contributed by atoms with van der Waals surface area (Å²) in [4.78, 5) is 8.18. The fourth-order valence-corrected chi connectivity index (χ4v) is 2.08. The van der Waals surface area contributed by atoms with Crippen molar-refractivity contribution in [3.63, 3.8) is 0 Å². The van der Waals surface area contributed by atoms with Crippen molar-refractivity contribution in [3.8, 4) is 0 Å². The van der Waals surface area contributed by atoms with Gasteiger partial charge in [0, 0.05) is 5.75 Å². The van der Waals surface area contributed by atoms with Gasteiger partial charge in [0.05, 0.1) is 18.1 Å². The second-order valence-corrected chi connectivity index (χ2v) is 4.77. The van der Waals surface area contributed by atoms with Crippen LogP contribution in [-0.4, -0.2) is 15.7 Å². The minimum atomic E-state index is 0.487. The van der Waals surface area contributed by atoms with E-state index >= 15 is 0 Å². The van der Waals surface area contributed by atoms with Crippen LogP contribution in [0.1, 0.15) is 26.0 Å². The van der Waals surface area contributed by atoms with Crippen LogP contribution in [0.25, 0.3) is 0 Å². The van der Waals surface area contributed by atoms with Crippen molar-refractivity contribution in [2.45, 2.75) is 26.0 Å². The molecule has 0 saturated carbocycles. The largest absolute Gasteiger partial charge is 0.382 e. The number of thioether (sulfide) groups is 1. The van der Waals surface area contributed by atoms with E-state index in [-0.39, 0.29) is 0 Å². The van der Waals surface area contributed by atoms with E-state index in [1.807, 2.05) is 11.8 Å². The van der Waals surface area contributed by atoms with Crippen molar-refractivity contribution in [3.05, 3.63) is 18.1 Å². The molecule has 0 spiro atoms. The van der Waals surface area contributed by atoms with Crippen LogP contribution in [0.15, 0.2) is 12.4 Å². The van der Waals surface area contributed by atoms with E-state index in [0.717, 1.165) is 17.4 Å². The number of nitrogens with two attached hydrogens (primary N) is 1. The van der Waals surface area contributed by atoms with E-state index in [1.165, 1.54) is 12.2 Å². The molecule has 0 aliphatic rings. The quantitative estimate of drug-likeness (QED) is 0.759. The van der Waals surface area contributed by atoms with Crippen molar-refractivity contribution in [1.82, 2.24) is 9.97 Å². The molecule has 0 saturated heterocycles. The molecule has 2 N–H and O–H groups in total. The molecule has 0 unspecified atom stereocenters. The van der Waals surface area contributed by atoms with Crippen LogP contribution in [0.3, 0.4) is 0 Å². The molecule has 1 rings (SSSR count). The highest BCUT2D eigenvalue weighted by Gasteiger charge is 1.97. The Morgan fingerprint density at radius 3 is 2.71 bits per heavy atom. The molecule has 0 atom stereocenters. The van der Waals surface area contributed by atoms with Gasteiger partial charge in [0.15, 0.2) is 0 Å². The second kappa shape index (κ2) is 5.86. The highest BCUT2D eigenvalue weighted by molar-refractivity contribution is 7.98. The third-order valence-electron chi connectivity index (χ3n) is 1.81. The van der Waals surface area contributed by atoms with E-state index in [2.05, 4.69) is 23.8 Å². The number of nitrogens with zero attached hydrogens (tertiary/aromatic N) is 2. The zero-order valence-corrected chi connectivity index (χ0v) is 9.55. The monoisotopic (exact) mass is 211 g/mol. The summed E-state index contributed by atoms with van der Waals surface area (Å²) < 4.78 is 0. The fraction of sp³-hybridized carbons (Fsp3) is 0.600. The van der Waals surface area contributed by atoms with Gasteiger partial charge in [-0.25, -0.2) is 4.98 Å². The topological polar surface area (TPSA) is 51.8 Å². The lowest BCUT2D eigenvalue weighted by molar-refractivity contribution is 0.632. The van der Waals surface area contributed by atoms with Crippen molar-refractivity contribution < 1.29 is 0 Å². The van der Waals surface area contributed by atoms with Gasteiger partial charge in [-0.3, -0.25) is 4.98 Å². The van der Waals surface area contributed by atoms with Crippen molar-refractivity contribution in [1.29, 1.82) is 0 Å². The van der Waals surface area contributed by atoms with Gasteiger partial charge >= 0.3 is 0 Å². The summed E-state index contributed by atoms with van der Waals surface area (Å²) in [7, 11) is 0. The molecule has 0 aliphatic carbocycles. The predicted octanol–water partition coefficient (Wildman–Crippen LogP) is 2.34. The molecule has 0 bridgehead atoms. The Hall–Kier alpha value is -0.770. The van der Waals surface area contributed by atoms with E-state index in [0.29, 0.717) is 5.82 Å². The summed E-state index contributed by atoms with van der Waals surface area (Å²) in [5.74, 6) is 3.38. The van der Waals surface area contributed by atoms with Crippen LogP contribution >= 0.6 is 11.8 Å². The lowest BCUT2D eigenvalue weighted by Gasteiger charge is -2.03. The van der Waals surface area contributed by atoms with Crippen LogP contribution in [0.4, 0.5) is 5.82 Å². The van der Waals surface area contributed by atoms with Crippen molar-refractivity contribution in [2.24, 2.45) is 5.92 Å². The minimum absolute atomic E-state index is 0.487. The fourth-order valence-electron chi connectivity index (χ4n) is 0.935. The molecular weight excluding hydrogens is 194 g/mol. The molecule has 14 heavy (non-hydrogen) atoms. The molecule has 0 aromatic carbocycles. The maximum Gasteiger partial charge on any atom is 0.141 e. The zero-order valence-electron chi connectivity index (χ0n) is 8.73. The van der Waals surface area contributed by atoms with E-state index in [1.54, 1.807) is 12.4 Å². The summed E-state index contributed by atoms with van der Waals surface area (Å²) in [6.07, 6.45) is 4.61. The molecule has 0 fully saturated rings. The summed E-state index contributed by atoms with van der Waals surface area (Å²) in [6.45, 7) is 4.48. The number of anilines is 1. The van der Waals surface area contributed by atoms with E-state index in [4.69, 9.17) is 5.73 Å². The Morgan fingerprint density at radius 1 is 1.36 bits per heavy atom. The predicted molar refractivity (Wildman–Crippen MR) is 62.1 cm³/mol. The Bertz CT molecular complexity index is 259. The average molecular weight is 211 g/mol. The number of aromatic nitrogens is 2. The van der Waals surface area contributed by atoms with Gasteiger partial charge in [0.2, 0.25) is 0 Å². The lowest BCUT2D eigenvalue weighted by atomic mass is 10.2. The normalized spacial score (nSPS) is 10.8. The minimum Gasteiger partial charge on any atom is -0.382 e. The van der Waals surface area contributed by atoms with Crippen molar-refractivity contribution in [2.75, 3.05) is 11.5 Å². The summed E-state index contributed by atoms with van der Waals surface area (Å²) in [6, 6.07) is 0. The molecule has 0 aliphatic heterocycles. The van der Waals surface area contributed by atoms with Gasteiger partial charge in [-0.15, -0.1) is 0 Å². The highest BCUT2D eigenvalue weighted by Crippen LogP contribution is 2.13. The lowest BCUT2D eigenvalue weighted by Crippen LogP contribution is -1.95. The SMILES string of the molecule is CC(C)CCSCc1cnc(N)cn1. The van der Waals surface area contributed by atoms with Crippen LogP contribution in [0, 0.1) is 5.92 Å². The first kappa shape index (κ1) is 11.3. The van der Waals surface area contributed by atoms with E-state index < -0.39 is 0 Å². The van der Waals surface area contributed by atoms with Gasteiger partial charge in [0.25, 0.3) is 0 Å². The zero-order chi connectivity index (χ0) is 10.4. The number of rotatable bonds is 5. The Labute approximate surface area is 89.5 Å². The summed E-state index contributed by atoms with van der Waals surface area (Å²) in [5.41, 5.74) is 6.45. The molecule has 1 heterocycles.